The van der Waals surface area contributed by atoms with Crippen molar-refractivity contribution in [1.29, 1.82) is 5.26 Å². The lowest BCUT2D eigenvalue weighted by atomic mass is 10.1. The standard InChI is InChI=1S/C17H14FNO2/c1-11-6-8-13(9-7-11)17(20)12(2)21-16-5-3-4-15(18)14(16)10-19/h3-9,12H,1-2H3. The summed E-state index contributed by atoms with van der Waals surface area (Å²) in [5.41, 5.74) is 1.38. The maximum Gasteiger partial charge on any atom is 0.202 e. The molecule has 0 heterocycles. The van der Waals surface area contributed by atoms with Crippen LogP contribution in [0, 0.1) is 24.1 Å². The summed E-state index contributed by atoms with van der Waals surface area (Å²) in [4.78, 5) is 12.2. The predicted octanol–water partition coefficient (Wildman–Crippen LogP) is 3.66. The van der Waals surface area contributed by atoms with Gasteiger partial charge < -0.3 is 4.74 Å². The largest absolute Gasteiger partial charge is 0.481 e. The van der Waals surface area contributed by atoms with Crippen LogP contribution >= 0.6 is 0 Å². The summed E-state index contributed by atoms with van der Waals surface area (Å²) >= 11 is 0. The van der Waals surface area contributed by atoms with E-state index in [4.69, 9.17) is 10.00 Å². The molecule has 1 atom stereocenters. The fourth-order valence-electron chi connectivity index (χ4n) is 1.91. The molecule has 0 spiro atoms. The van der Waals surface area contributed by atoms with E-state index in [0.29, 0.717) is 5.56 Å². The highest BCUT2D eigenvalue weighted by Gasteiger charge is 2.19. The van der Waals surface area contributed by atoms with Gasteiger partial charge in [-0.1, -0.05) is 35.9 Å². The number of ether oxygens (including phenoxy) is 1. The number of Topliss-reactive ketones (excluding diaryl/α,β-unsaturated/α-hetero) is 1. The minimum Gasteiger partial charge on any atom is -0.481 e. The molecule has 0 fully saturated rings. The lowest BCUT2D eigenvalue weighted by Gasteiger charge is -2.15. The van der Waals surface area contributed by atoms with Crippen LogP contribution in [0.1, 0.15) is 28.4 Å². The number of rotatable bonds is 4. The van der Waals surface area contributed by atoms with E-state index in [1.165, 1.54) is 18.2 Å². The Morgan fingerprint density at radius 1 is 1.24 bits per heavy atom. The van der Waals surface area contributed by atoms with Crippen molar-refractivity contribution in [3.8, 4) is 11.8 Å². The van der Waals surface area contributed by atoms with E-state index in [1.54, 1.807) is 25.1 Å². The van der Waals surface area contributed by atoms with Crippen molar-refractivity contribution >= 4 is 5.78 Å². The quantitative estimate of drug-likeness (QED) is 0.805. The van der Waals surface area contributed by atoms with Crippen molar-refractivity contribution in [1.82, 2.24) is 0 Å². The number of aryl methyl sites for hydroxylation is 1. The highest BCUT2D eigenvalue weighted by atomic mass is 19.1. The second kappa shape index (κ2) is 6.19. The number of hydrogen-bond acceptors (Lipinski definition) is 3. The maximum atomic E-state index is 13.5. The van der Waals surface area contributed by atoms with Crippen LogP contribution in [0.25, 0.3) is 0 Å². The monoisotopic (exact) mass is 283 g/mol. The molecule has 0 aromatic heterocycles. The topological polar surface area (TPSA) is 50.1 Å². The van der Waals surface area contributed by atoms with Gasteiger partial charge in [0.2, 0.25) is 5.78 Å². The third kappa shape index (κ3) is 3.26. The summed E-state index contributed by atoms with van der Waals surface area (Å²) in [6.45, 7) is 3.51. The molecular weight excluding hydrogens is 269 g/mol. The van der Waals surface area contributed by atoms with Crippen LogP contribution in [0.5, 0.6) is 5.75 Å². The predicted molar refractivity (Wildman–Crippen MR) is 76.7 cm³/mol. The van der Waals surface area contributed by atoms with Gasteiger partial charge in [-0.3, -0.25) is 4.79 Å². The molecule has 21 heavy (non-hydrogen) atoms. The van der Waals surface area contributed by atoms with Gasteiger partial charge in [0.25, 0.3) is 0 Å². The van der Waals surface area contributed by atoms with Gasteiger partial charge in [-0.25, -0.2) is 4.39 Å². The van der Waals surface area contributed by atoms with E-state index < -0.39 is 11.9 Å². The van der Waals surface area contributed by atoms with E-state index >= 15 is 0 Å². The van der Waals surface area contributed by atoms with Gasteiger partial charge in [0.05, 0.1) is 0 Å². The van der Waals surface area contributed by atoms with Gasteiger partial charge in [0.15, 0.2) is 6.10 Å². The Bertz CT molecular complexity index is 702. The zero-order valence-corrected chi connectivity index (χ0v) is 11.8. The molecule has 0 aliphatic heterocycles. The first kappa shape index (κ1) is 14.7. The molecule has 106 valence electrons. The van der Waals surface area contributed by atoms with Gasteiger partial charge in [-0.2, -0.15) is 5.26 Å². The molecule has 0 radical (unpaired) electrons. The number of carbonyl (C=O) groups excluding carboxylic acids is 1. The van der Waals surface area contributed by atoms with Gasteiger partial charge in [0.1, 0.15) is 23.2 Å². The minimum atomic E-state index is -0.804. The average Bonchev–Trinajstić information content (AvgIpc) is 2.47. The lowest BCUT2D eigenvalue weighted by molar-refractivity contribution is 0.0817. The summed E-state index contributed by atoms with van der Waals surface area (Å²) in [6, 6.07) is 12.9. The molecule has 0 aliphatic rings. The number of hydrogen-bond donors (Lipinski definition) is 0. The van der Waals surface area contributed by atoms with Crippen molar-refractivity contribution in [3.05, 3.63) is 65.0 Å². The fraction of sp³-hybridized carbons (Fsp3) is 0.176. The highest BCUT2D eigenvalue weighted by molar-refractivity contribution is 5.99. The van der Waals surface area contributed by atoms with Gasteiger partial charge in [0, 0.05) is 5.56 Å². The van der Waals surface area contributed by atoms with Crippen LogP contribution < -0.4 is 4.74 Å². The van der Waals surface area contributed by atoms with E-state index in [1.807, 2.05) is 19.1 Å². The van der Waals surface area contributed by atoms with Gasteiger partial charge in [-0.15, -0.1) is 0 Å². The third-order valence-electron chi connectivity index (χ3n) is 3.10. The van der Waals surface area contributed by atoms with Crippen molar-refractivity contribution < 1.29 is 13.9 Å². The van der Waals surface area contributed by atoms with Crippen molar-refractivity contribution in [2.24, 2.45) is 0 Å². The van der Waals surface area contributed by atoms with Gasteiger partial charge in [-0.05, 0) is 26.0 Å². The van der Waals surface area contributed by atoms with Crippen LogP contribution in [0.4, 0.5) is 4.39 Å². The molecule has 0 saturated carbocycles. The molecule has 0 amide bonds. The number of nitrogens with zero attached hydrogens (tertiary/aromatic N) is 1. The Kier molecular flexibility index (Phi) is 4.34. The minimum absolute atomic E-state index is 0.0745. The van der Waals surface area contributed by atoms with E-state index in [-0.39, 0.29) is 17.1 Å². The Morgan fingerprint density at radius 2 is 1.90 bits per heavy atom. The van der Waals surface area contributed by atoms with Crippen LogP contribution in [0.15, 0.2) is 42.5 Å². The van der Waals surface area contributed by atoms with Crippen LogP contribution in [0.3, 0.4) is 0 Å². The van der Waals surface area contributed by atoms with Crippen LogP contribution in [-0.2, 0) is 0 Å². The molecule has 3 nitrogen and oxygen atoms in total. The molecule has 0 aliphatic carbocycles. The van der Waals surface area contributed by atoms with Gasteiger partial charge >= 0.3 is 0 Å². The smallest absolute Gasteiger partial charge is 0.202 e. The summed E-state index contributed by atoms with van der Waals surface area (Å²) in [6.07, 6.45) is -0.804. The SMILES string of the molecule is Cc1ccc(C(=O)C(C)Oc2cccc(F)c2C#N)cc1. The first-order valence-corrected chi connectivity index (χ1v) is 6.49. The molecule has 0 N–H and O–H groups in total. The maximum absolute atomic E-state index is 13.5. The Morgan fingerprint density at radius 3 is 2.52 bits per heavy atom. The highest BCUT2D eigenvalue weighted by Crippen LogP contribution is 2.22. The molecule has 1 unspecified atom stereocenters. The van der Waals surface area contributed by atoms with E-state index in [0.717, 1.165) is 5.56 Å². The normalized spacial score (nSPS) is 11.5. The number of benzene rings is 2. The summed E-state index contributed by atoms with van der Waals surface area (Å²) in [7, 11) is 0. The molecular formula is C17H14FNO2. The van der Waals surface area contributed by atoms with Crippen LogP contribution in [-0.4, -0.2) is 11.9 Å². The zero-order chi connectivity index (χ0) is 15.4. The molecule has 2 rings (SSSR count). The molecule has 2 aromatic carbocycles. The number of carbonyl (C=O) groups is 1. The second-order valence-corrected chi connectivity index (χ2v) is 4.72. The first-order chi connectivity index (χ1) is 10.0. The Hall–Kier alpha value is -2.67. The van der Waals surface area contributed by atoms with E-state index in [2.05, 4.69) is 0 Å². The summed E-state index contributed by atoms with van der Waals surface area (Å²) < 4.78 is 18.9. The second-order valence-electron chi connectivity index (χ2n) is 4.72. The van der Waals surface area contributed by atoms with Crippen LogP contribution in [0.2, 0.25) is 0 Å². The molecule has 0 saturated heterocycles. The summed E-state index contributed by atoms with van der Waals surface area (Å²) in [5, 5.41) is 8.94. The summed E-state index contributed by atoms with van der Waals surface area (Å²) in [5.74, 6) is -0.807. The molecule has 4 heteroatoms. The lowest BCUT2D eigenvalue weighted by Crippen LogP contribution is -2.24. The Labute approximate surface area is 122 Å². The fourth-order valence-corrected chi connectivity index (χ4v) is 1.91. The number of ketones is 1. The molecule has 0 bridgehead atoms. The van der Waals surface area contributed by atoms with Crippen molar-refractivity contribution in [2.75, 3.05) is 0 Å². The average molecular weight is 283 g/mol. The van der Waals surface area contributed by atoms with Crippen molar-refractivity contribution in [2.45, 2.75) is 20.0 Å². The Balaban J connectivity index is 2.20. The number of nitriles is 1. The number of halogens is 1. The zero-order valence-electron chi connectivity index (χ0n) is 11.8. The van der Waals surface area contributed by atoms with E-state index in [9.17, 15) is 9.18 Å². The third-order valence-corrected chi connectivity index (χ3v) is 3.10. The first-order valence-electron chi connectivity index (χ1n) is 6.49. The molecule has 2 aromatic rings. The van der Waals surface area contributed by atoms with Crippen molar-refractivity contribution in [3.63, 3.8) is 0 Å².